The van der Waals surface area contributed by atoms with Crippen molar-refractivity contribution in [2.45, 2.75) is 45.4 Å². The van der Waals surface area contributed by atoms with Crippen LogP contribution in [0.15, 0.2) is 12.4 Å². The number of hydrogen-bond acceptors (Lipinski definition) is 6. The first-order valence-corrected chi connectivity index (χ1v) is 7.44. The van der Waals surface area contributed by atoms with Crippen molar-refractivity contribution < 1.29 is 14.3 Å². The van der Waals surface area contributed by atoms with Gasteiger partial charge in [-0.3, -0.25) is 4.98 Å². The van der Waals surface area contributed by atoms with E-state index in [0.717, 1.165) is 12.1 Å². The van der Waals surface area contributed by atoms with E-state index in [2.05, 4.69) is 15.3 Å². The summed E-state index contributed by atoms with van der Waals surface area (Å²) in [6.07, 6.45) is 3.87. The zero-order chi connectivity index (χ0) is 16.2. The van der Waals surface area contributed by atoms with Gasteiger partial charge in [0.1, 0.15) is 11.3 Å². The Kier molecular flexibility index (Phi) is 5.18. The zero-order valence-electron chi connectivity index (χ0n) is 13.6. The summed E-state index contributed by atoms with van der Waals surface area (Å²) in [7, 11) is 1.58. The largest absolute Gasteiger partial charge is 0.480 e. The minimum atomic E-state index is -0.463. The number of rotatable bonds is 4. The molecule has 1 aromatic rings. The van der Waals surface area contributed by atoms with E-state index in [9.17, 15) is 4.79 Å². The molecule has 1 aromatic heterocycles. The fourth-order valence-corrected chi connectivity index (χ4v) is 2.31. The number of amides is 1. The van der Waals surface area contributed by atoms with Gasteiger partial charge in [0.2, 0.25) is 5.88 Å². The fraction of sp³-hybridized carbons (Fsp3) is 0.667. The smallest absolute Gasteiger partial charge is 0.410 e. The highest BCUT2D eigenvalue weighted by Gasteiger charge is 2.29. The minimum Gasteiger partial charge on any atom is -0.480 e. The Labute approximate surface area is 131 Å². The molecule has 2 rings (SSSR count). The topological polar surface area (TPSA) is 76.6 Å². The molecule has 1 N–H and O–H groups in total. The zero-order valence-corrected chi connectivity index (χ0v) is 13.6. The van der Waals surface area contributed by atoms with E-state index >= 15 is 0 Å². The molecule has 0 unspecified atom stereocenters. The van der Waals surface area contributed by atoms with Gasteiger partial charge in [0.15, 0.2) is 0 Å². The van der Waals surface area contributed by atoms with Gasteiger partial charge in [-0.1, -0.05) is 0 Å². The number of hydrogen-bond donors (Lipinski definition) is 1. The Hall–Kier alpha value is -1.89. The molecule has 7 heteroatoms. The first kappa shape index (κ1) is 16.5. The second-order valence-corrected chi connectivity index (χ2v) is 6.31. The lowest BCUT2D eigenvalue weighted by Gasteiger charge is -2.24. The van der Waals surface area contributed by atoms with Gasteiger partial charge < -0.3 is 19.7 Å². The van der Waals surface area contributed by atoms with Gasteiger partial charge in [0.25, 0.3) is 0 Å². The van der Waals surface area contributed by atoms with Gasteiger partial charge in [-0.25, -0.2) is 9.78 Å². The summed E-state index contributed by atoms with van der Waals surface area (Å²) >= 11 is 0. The summed E-state index contributed by atoms with van der Waals surface area (Å²) in [5.74, 6) is 0.525. The van der Waals surface area contributed by atoms with Crippen LogP contribution in [-0.2, 0) is 11.3 Å². The maximum Gasteiger partial charge on any atom is 0.410 e. The minimum absolute atomic E-state index is 0.222. The van der Waals surface area contributed by atoms with Crippen LogP contribution < -0.4 is 10.1 Å². The molecule has 22 heavy (non-hydrogen) atoms. The van der Waals surface area contributed by atoms with Crippen LogP contribution in [0.4, 0.5) is 4.79 Å². The monoisotopic (exact) mass is 308 g/mol. The van der Waals surface area contributed by atoms with E-state index in [1.54, 1.807) is 24.4 Å². The van der Waals surface area contributed by atoms with Crippen molar-refractivity contribution in [1.29, 1.82) is 0 Å². The summed E-state index contributed by atoms with van der Waals surface area (Å²) in [6, 6.07) is 0.222. The second kappa shape index (κ2) is 6.91. The third-order valence-electron chi connectivity index (χ3n) is 3.33. The molecule has 1 aliphatic rings. The Morgan fingerprint density at radius 3 is 2.82 bits per heavy atom. The lowest BCUT2D eigenvalue weighted by molar-refractivity contribution is 0.0291. The number of carbonyl (C=O) groups is 1. The van der Waals surface area contributed by atoms with Gasteiger partial charge in [0.05, 0.1) is 7.11 Å². The van der Waals surface area contributed by atoms with Crippen LogP contribution in [0, 0.1) is 0 Å². The van der Waals surface area contributed by atoms with Crippen molar-refractivity contribution in [3.63, 3.8) is 0 Å². The molecule has 1 fully saturated rings. The number of aromatic nitrogens is 2. The maximum absolute atomic E-state index is 12.0. The average Bonchev–Trinajstić information content (AvgIpc) is 2.92. The normalized spacial score (nSPS) is 18.4. The molecule has 0 saturated carbocycles. The van der Waals surface area contributed by atoms with Crippen LogP contribution in [0.1, 0.15) is 32.9 Å². The number of methoxy groups -OCH3 is 1. The average molecular weight is 308 g/mol. The van der Waals surface area contributed by atoms with E-state index in [-0.39, 0.29) is 12.1 Å². The number of ether oxygens (including phenoxy) is 2. The number of carbonyl (C=O) groups excluding carboxylic acids is 1. The Bertz CT molecular complexity index is 516. The van der Waals surface area contributed by atoms with Gasteiger partial charge in [0, 0.05) is 38.1 Å². The highest BCUT2D eigenvalue weighted by Crippen LogP contribution is 2.16. The third kappa shape index (κ3) is 4.56. The predicted molar refractivity (Wildman–Crippen MR) is 81.6 cm³/mol. The first-order valence-electron chi connectivity index (χ1n) is 7.44. The van der Waals surface area contributed by atoms with Crippen LogP contribution in [0.3, 0.4) is 0 Å². The molecule has 1 aliphatic heterocycles. The molecule has 1 amide bonds. The van der Waals surface area contributed by atoms with E-state index in [0.29, 0.717) is 25.5 Å². The van der Waals surface area contributed by atoms with Gasteiger partial charge >= 0.3 is 6.09 Å². The van der Waals surface area contributed by atoms with Crippen LogP contribution in [-0.4, -0.2) is 52.8 Å². The van der Waals surface area contributed by atoms with Crippen molar-refractivity contribution in [2.24, 2.45) is 0 Å². The Balaban J connectivity index is 1.83. The molecule has 0 radical (unpaired) electrons. The molecular weight excluding hydrogens is 284 g/mol. The molecule has 1 saturated heterocycles. The molecule has 2 heterocycles. The van der Waals surface area contributed by atoms with Crippen molar-refractivity contribution in [2.75, 3.05) is 20.2 Å². The standard InChI is InChI=1S/C15H24N4O3/c1-15(2,3)22-14(20)19-8-5-11(10-19)18-9-12-13(21-4)17-7-6-16-12/h6-7,11,18H,5,8-10H2,1-4H3/t11-/m1/s1. The van der Waals surface area contributed by atoms with E-state index in [4.69, 9.17) is 9.47 Å². The summed E-state index contributed by atoms with van der Waals surface area (Å²) < 4.78 is 10.6. The molecule has 7 nitrogen and oxygen atoms in total. The summed E-state index contributed by atoms with van der Waals surface area (Å²) in [6.45, 7) is 7.51. The van der Waals surface area contributed by atoms with Crippen molar-refractivity contribution in [1.82, 2.24) is 20.2 Å². The molecule has 1 atom stereocenters. The lowest BCUT2D eigenvalue weighted by Crippen LogP contribution is -2.38. The fourth-order valence-electron chi connectivity index (χ4n) is 2.31. The number of nitrogens with one attached hydrogen (secondary N) is 1. The van der Waals surface area contributed by atoms with Gasteiger partial charge in [-0.05, 0) is 27.2 Å². The third-order valence-corrected chi connectivity index (χ3v) is 3.33. The quantitative estimate of drug-likeness (QED) is 0.910. The Morgan fingerprint density at radius 2 is 2.14 bits per heavy atom. The summed E-state index contributed by atoms with van der Waals surface area (Å²) in [5.41, 5.74) is 0.302. The molecule has 122 valence electrons. The van der Waals surface area contributed by atoms with Crippen molar-refractivity contribution in [3.05, 3.63) is 18.1 Å². The molecular formula is C15H24N4O3. The van der Waals surface area contributed by atoms with E-state index in [1.807, 2.05) is 20.8 Å². The Morgan fingerprint density at radius 1 is 1.41 bits per heavy atom. The lowest BCUT2D eigenvalue weighted by atomic mass is 10.2. The van der Waals surface area contributed by atoms with Crippen molar-refractivity contribution in [3.8, 4) is 5.88 Å². The van der Waals surface area contributed by atoms with Crippen LogP contribution in [0.5, 0.6) is 5.88 Å². The molecule has 0 aromatic carbocycles. The molecule has 0 spiro atoms. The maximum atomic E-state index is 12.0. The molecule has 0 aliphatic carbocycles. The van der Waals surface area contributed by atoms with Gasteiger partial charge in [-0.2, -0.15) is 0 Å². The van der Waals surface area contributed by atoms with Crippen molar-refractivity contribution >= 4 is 6.09 Å². The van der Waals surface area contributed by atoms with Crippen LogP contribution in [0.25, 0.3) is 0 Å². The van der Waals surface area contributed by atoms with E-state index in [1.165, 1.54) is 0 Å². The van der Waals surface area contributed by atoms with Crippen LogP contribution in [0.2, 0.25) is 0 Å². The van der Waals surface area contributed by atoms with Crippen LogP contribution >= 0.6 is 0 Å². The SMILES string of the molecule is COc1nccnc1CN[C@@H]1CCN(C(=O)OC(C)(C)C)C1. The number of likely N-dealkylation sites (tertiary alicyclic amines) is 1. The summed E-state index contributed by atoms with van der Waals surface area (Å²) in [4.78, 5) is 22.1. The highest BCUT2D eigenvalue weighted by molar-refractivity contribution is 5.68. The highest BCUT2D eigenvalue weighted by atomic mass is 16.6. The summed E-state index contributed by atoms with van der Waals surface area (Å²) in [5, 5.41) is 3.39. The first-order chi connectivity index (χ1) is 10.4. The molecule has 0 bridgehead atoms. The second-order valence-electron chi connectivity index (χ2n) is 6.31. The van der Waals surface area contributed by atoms with Gasteiger partial charge in [-0.15, -0.1) is 0 Å². The van der Waals surface area contributed by atoms with E-state index < -0.39 is 5.60 Å². The predicted octanol–water partition coefficient (Wildman–Crippen LogP) is 1.58. The number of nitrogens with zero attached hydrogens (tertiary/aromatic N) is 3.